The minimum Gasteiger partial charge on any atom is -0.260 e. The first-order valence-corrected chi connectivity index (χ1v) is 7.29. The molecule has 1 atom stereocenters. The lowest BCUT2D eigenvalue weighted by Gasteiger charge is -2.21. The van der Waals surface area contributed by atoms with Crippen molar-refractivity contribution < 1.29 is 0 Å². The predicted molar refractivity (Wildman–Crippen MR) is 86.2 cm³/mol. The van der Waals surface area contributed by atoms with Gasteiger partial charge in [0.1, 0.15) is 0 Å². The third kappa shape index (κ3) is 2.04. The first kappa shape index (κ1) is 12.3. The van der Waals surface area contributed by atoms with E-state index in [2.05, 4.69) is 59.4 Å². The maximum absolute atomic E-state index is 4.59. The summed E-state index contributed by atoms with van der Waals surface area (Å²) in [6.07, 6.45) is 9.19. The average molecular weight is 272 g/mol. The van der Waals surface area contributed by atoms with Gasteiger partial charge in [0.2, 0.25) is 0 Å². The first-order valence-electron chi connectivity index (χ1n) is 7.29. The minimum absolute atomic E-state index is 0.339. The fourth-order valence-electron chi connectivity index (χ4n) is 3.17. The van der Waals surface area contributed by atoms with Crippen LogP contribution >= 0.6 is 0 Å². The molecule has 21 heavy (non-hydrogen) atoms. The van der Waals surface area contributed by atoms with Crippen LogP contribution in [0.1, 0.15) is 28.4 Å². The molecule has 0 saturated heterocycles. The molecule has 1 unspecified atom stereocenters. The topological polar surface area (TPSA) is 25.8 Å². The molecule has 0 saturated carbocycles. The Morgan fingerprint density at radius 3 is 2.86 bits per heavy atom. The number of allylic oxidation sites excluding steroid dienone is 1. The van der Waals surface area contributed by atoms with E-state index in [0.29, 0.717) is 5.92 Å². The van der Waals surface area contributed by atoms with Gasteiger partial charge >= 0.3 is 0 Å². The van der Waals surface area contributed by atoms with Gasteiger partial charge in [0, 0.05) is 23.7 Å². The van der Waals surface area contributed by atoms with Crippen molar-refractivity contribution >= 4 is 16.8 Å². The van der Waals surface area contributed by atoms with E-state index in [4.69, 9.17) is 0 Å². The maximum Gasteiger partial charge on any atom is 0.0665 e. The van der Waals surface area contributed by atoms with Crippen molar-refractivity contribution in [1.29, 1.82) is 0 Å². The van der Waals surface area contributed by atoms with Crippen LogP contribution in [0.4, 0.5) is 0 Å². The Balaban J connectivity index is 1.84. The van der Waals surface area contributed by atoms with Crippen LogP contribution in [-0.2, 0) is 6.42 Å². The van der Waals surface area contributed by atoms with Crippen LogP contribution in [0.5, 0.6) is 0 Å². The van der Waals surface area contributed by atoms with Crippen LogP contribution in [-0.4, -0.2) is 9.97 Å². The van der Waals surface area contributed by atoms with Gasteiger partial charge in [0.15, 0.2) is 0 Å². The highest BCUT2D eigenvalue weighted by Crippen LogP contribution is 2.33. The predicted octanol–water partition coefficient (Wildman–Crippen LogP) is 4.29. The van der Waals surface area contributed by atoms with Crippen LogP contribution in [0.15, 0.2) is 54.9 Å². The number of fused-ring (bicyclic) bond motifs is 3. The van der Waals surface area contributed by atoms with Gasteiger partial charge in [-0.1, -0.05) is 36.4 Å². The third-order valence-electron chi connectivity index (χ3n) is 4.25. The number of hydrogen-bond acceptors (Lipinski definition) is 2. The summed E-state index contributed by atoms with van der Waals surface area (Å²) in [5, 5.41) is 2.52. The van der Waals surface area contributed by atoms with Crippen molar-refractivity contribution in [3.63, 3.8) is 0 Å². The molecular formula is C19H16N2. The number of aryl methyl sites for hydroxylation is 1. The summed E-state index contributed by atoms with van der Waals surface area (Å²) >= 11 is 0. The number of pyridine rings is 2. The largest absolute Gasteiger partial charge is 0.260 e. The Hall–Kier alpha value is -2.48. The molecular weight excluding hydrogens is 256 g/mol. The average Bonchev–Trinajstić information content (AvgIpc) is 2.55. The van der Waals surface area contributed by atoms with E-state index in [9.17, 15) is 0 Å². The molecule has 0 N–H and O–H groups in total. The van der Waals surface area contributed by atoms with Gasteiger partial charge < -0.3 is 0 Å². The molecule has 2 aromatic heterocycles. The molecule has 2 heteroatoms. The smallest absolute Gasteiger partial charge is 0.0665 e. The zero-order chi connectivity index (χ0) is 14.2. The fraction of sp³-hybridized carbons (Fsp3) is 0.158. The summed E-state index contributed by atoms with van der Waals surface area (Å²) in [5.41, 5.74) is 4.86. The quantitative estimate of drug-likeness (QED) is 0.660. The van der Waals surface area contributed by atoms with E-state index >= 15 is 0 Å². The molecule has 1 aliphatic rings. The van der Waals surface area contributed by atoms with E-state index in [1.165, 1.54) is 27.6 Å². The SMILES string of the molecule is Cc1cccnc1C1C=Cc2ncc3ccccc3c2C1. The van der Waals surface area contributed by atoms with Crippen molar-refractivity contribution in [1.82, 2.24) is 9.97 Å². The Morgan fingerprint density at radius 1 is 1.05 bits per heavy atom. The lowest BCUT2D eigenvalue weighted by atomic mass is 9.86. The summed E-state index contributed by atoms with van der Waals surface area (Å²) < 4.78 is 0. The third-order valence-corrected chi connectivity index (χ3v) is 4.25. The van der Waals surface area contributed by atoms with Crippen molar-refractivity contribution in [2.75, 3.05) is 0 Å². The van der Waals surface area contributed by atoms with E-state index < -0.39 is 0 Å². The van der Waals surface area contributed by atoms with Crippen molar-refractivity contribution in [2.24, 2.45) is 0 Å². The van der Waals surface area contributed by atoms with E-state index in [-0.39, 0.29) is 0 Å². The first-order chi connectivity index (χ1) is 10.3. The second-order valence-electron chi connectivity index (χ2n) is 5.58. The summed E-state index contributed by atoms with van der Waals surface area (Å²) in [6, 6.07) is 12.6. The molecule has 3 aromatic rings. The van der Waals surface area contributed by atoms with Crippen LogP contribution in [0.2, 0.25) is 0 Å². The number of rotatable bonds is 1. The van der Waals surface area contributed by atoms with Gasteiger partial charge in [-0.25, -0.2) is 0 Å². The van der Waals surface area contributed by atoms with Crippen molar-refractivity contribution in [2.45, 2.75) is 19.3 Å². The number of nitrogens with zero attached hydrogens (tertiary/aromatic N) is 2. The molecule has 2 nitrogen and oxygen atoms in total. The van der Waals surface area contributed by atoms with Gasteiger partial charge in [-0.3, -0.25) is 9.97 Å². The molecule has 0 amide bonds. The number of aromatic nitrogens is 2. The zero-order valence-electron chi connectivity index (χ0n) is 12.0. The highest BCUT2D eigenvalue weighted by Gasteiger charge is 2.20. The molecule has 1 aromatic carbocycles. The van der Waals surface area contributed by atoms with Gasteiger partial charge in [-0.15, -0.1) is 0 Å². The number of benzene rings is 1. The van der Waals surface area contributed by atoms with Crippen LogP contribution in [0.3, 0.4) is 0 Å². The molecule has 4 rings (SSSR count). The van der Waals surface area contributed by atoms with Crippen molar-refractivity contribution in [3.05, 3.63) is 77.4 Å². The Kier molecular flexibility index (Phi) is 2.81. The normalized spacial score (nSPS) is 16.9. The molecule has 2 heterocycles. The van der Waals surface area contributed by atoms with Crippen molar-refractivity contribution in [3.8, 4) is 0 Å². The van der Waals surface area contributed by atoms with Gasteiger partial charge in [-0.2, -0.15) is 0 Å². The van der Waals surface area contributed by atoms with E-state index in [1.54, 1.807) is 0 Å². The Labute approximate surface area is 124 Å². The van der Waals surface area contributed by atoms with Crippen LogP contribution in [0, 0.1) is 6.92 Å². The molecule has 0 bridgehead atoms. The molecule has 102 valence electrons. The molecule has 0 radical (unpaired) electrons. The molecule has 0 spiro atoms. The minimum atomic E-state index is 0.339. The summed E-state index contributed by atoms with van der Waals surface area (Å²) in [7, 11) is 0. The monoisotopic (exact) mass is 272 g/mol. The molecule has 0 fully saturated rings. The van der Waals surface area contributed by atoms with E-state index in [1.807, 2.05) is 18.5 Å². The Bertz CT molecular complexity index is 849. The highest BCUT2D eigenvalue weighted by molar-refractivity contribution is 5.87. The fourth-order valence-corrected chi connectivity index (χ4v) is 3.17. The summed E-state index contributed by atoms with van der Waals surface area (Å²) in [6.45, 7) is 2.13. The number of hydrogen-bond donors (Lipinski definition) is 0. The standard InChI is InChI=1S/C19H16N2/c1-13-5-4-10-20-19(13)14-8-9-18-17(11-14)16-7-3-2-6-15(16)12-21-18/h2-10,12,14H,11H2,1H3. The lowest BCUT2D eigenvalue weighted by molar-refractivity contribution is 0.785. The summed E-state index contributed by atoms with van der Waals surface area (Å²) in [4.78, 5) is 9.17. The zero-order valence-corrected chi connectivity index (χ0v) is 12.0. The van der Waals surface area contributed by atoms with Gasteiger partial charge in [-0.05, 0) is 42.0 Å². The Morgan fingerprint density at radius 2 is 1.95 bits per heavy atom. The van der Waals surface area contributed by atoms with E-state index in [0.717, 1.165) is 12.1 Å². The summed E-state index contributed by atoms with van der Waals surface area (Å²) in [5.74, 6) is 0.339. The molecule has 1 aliphatic carbocycles. The van der Waals surface area contributed by atoms with Crippen LogP contribution < -0.4 is 0 Å². The molecule has 0 aliphatic heterocycles. The van der Waals surface area contributed by atoms with Gasteiger partial charge in [0.25, 0.3) is 0 Å². The van der Waals surface area contributed by atoms with Crippen LogP contribution in [0.25, 0.3) is 16.8 Å². The second kappa shape index (κ2) is 4.81. The highest BCUT2D eigenvalue weighted by atomic mass is 14.7. The van der Waals surface area contributed by atoms with Gasteiger partial charge in [0.05, 0.1) is 11.4 Å². The second-order valence-corrected chi connectivity index (χ2v) is 5.58. The lowest BCUT2D eigenvalue weighted by Crippen LogP contribution is -2.10. The maximum atomic E-state index is 4.59.